The van der Waals surface area contributed by atoms with E-state index in [1.165, 1.54) is 12.1 Å². The highest BCUT2D eigenvalue weighted by Gasteiger charge is 2.28. The molecule has 2 rings (SSSR count). The van der Waals surface area contributed by atoms with Crippen LogP contribution in [0.25, 0.3) is 0 Å². The van der Waals surface area contributed by atoms with Gasteiger partial charge in [0.1, 0.15) is 6.04 Å². The van der Waals surface area contributed by atoms with Gasteiger partial charge >= 0.3 is 5.97 Å². The largest absolute Gasteiger partial charge is 0.480 e. The number of carboxylic acids is 1. The molecule has 0 bridgehead atoms. The number of rotatable bonds is 6. The predicted molar refractivity (Wildman–Crippen MR) is 84.6 cm³/mol. The van der Waals surface area contributed by atoms with Crippen LogP contribution in [-0.4, -0.2) is 38.0 Å². The van der Waals surface area contributed by atoms with Gasteiger partial charge in [0.05, 0.1) is 4.90 Å². The molecule has 0 radical (unpaired) electrons. The SMILES string of the molecule is CC(C)[C@H](NS(=O)(=O)c1ccc(N2CCCC2=O)cc1)C(=O)O. The zero-order chi connectivity index (χ0) is 17.2. The van der Waals surface area contributed by atoms with Crippen LogP contribution >= 0.6 is 0 Å². The summed E-state index contributed by atoms with van der Waals surface area (Å²) < 4.78 is 26.8. The first-order valence-electron chi connectivity index (χ1n) is 7.38. The van der Waals surface area contributed by atoms with E-state index in [2.05, 4.69) is 4.72 Å². The molecule has 0 aromatic heterocycles. The van der Waals surface area contributed by atoms with Crippen LogP contribution in [-0.2, 0) is 19.6 Å². The standard InChI is InChI=1S/C15H20N2O5S/c1-10(2)14(15(19)20)16-23(21,22)12-7-5-11(6-8-12)17-9-3-4-13(17)18/h5-8,10,14,16H,3-4,9H2,1-2H3,(H,19,20)/t14-/m0/s1. The first-order chi connectivity index (χ1) is 10.7. The van der Waals surface area contributed by atoms with Crippen LogP contribution in [0, 0.1) is 5.92 Å². The van der Waals surface area contributed by atoms with Gasteiger partial charge in [-0.15, -0.1) is 0 Å². The smallest absolute Gasteiger partial charge is 0.322 e. The molecule has 0 saturated carbocycles. The number of sulfonamides is 1. The molecule has 126 valence electrons. The van der Waals surface area contributed by atoms with Crippen molar-refractivity contribution in [1.29, 1.82) is 0 Å². The van der Waals surface area contributed by atoms with Gasteiger partial charge in [0.25, 0.3) is 0 Å². The number of benzene rings is 1. The Morgan fingerprint density at radius 2 is 1.87 bits per heavy atom. The lowest BCUT2D eigenvalue weighted by molar-refractivity contribution is -0.140. The van der Waals surface area contributed by atoms with Crippen molar-refractivity contribution < 1.29 is 23.1 Å². The molecule has 0 aliphatic carbocycles. The molecule has 0 unspecified atom stereocenters. The summed E-state index contributed by atoms with van der Waals surface area (Å²) in [5, 5.41) is 9.10. The van der Waals surface area contributed by atoms with Crippen LogP contribution in [0.15, 0.2) is 29.2 Å². The summed E-state index contributed by atoms with van der Waals surface area (Å²) in [5.74, 6) is -1.59. The van der Waals surface area contributed by atoms with Crippen LogP contribution < -0.4 is 9.62 Å². The number of hydrogen-bond acceptors (Lipinski definition) is 4. The second-order valence-corrected chi connectivity index (χ2v) is 7.54. The number of carboxylic acid groups (broad SMARTS) is 1. The third-order valence-electron chi connectivity index (χ3n) is 3.75. The van der Waals surface area contributed by atoms with Crippen LogP contribution in [0.3, 0.4) is 0 Å². The molecule has 1 fully saturated rings. The van der Waals surface area contributed by atoms with Gasteiger partial charge in [0, 0.05) is 18.7 Å². The van der Waals surface area contributed by atoms with Crippen molar-refractivity contribution in [2.75, 3.05) is 11.4 Å². The molecule has 1 saturated heterocycles. The maximum absolute atomic E-state index is 12.3. The number of carbonyl (C=O) groups is 2. The van der Waals surface area contributed by atoms with Gasteiger partial charge in [-0.05, 0) is 36.6 Å². The van der Waals surface area contributed by atoms with E-state index in [9.17, 15) is 18.0 Å². The van der Waals surface area contributed by atoms with Crippen LogP contribution in [0.4, 0.5) is 5.69 Å². The maximum Gasteiger partial charge on any atom is 0.322 e. The molecule has 1 amide bonds. The average Bonchev–Trinajstić information content (AvgIpc) is 2.90. The number of aliphatic carboxylic acids is 1. The van der Waals surface area contributed by atoms with E-state index in [4.69, 9.17) is 5.11 Å². The summed E-state index contributed by atoms with van der Waals surface area (Å²) in [6.45, 7) is 3.88. The van der Waals surface area contributed by atoms with E-state index in [-0.39, 0.29) is 16.7 Å². The van der Waals surface area contributed by atoms with Crippen molar-refractivity contribution in [2.24, 2.45) is 5.92 Å². The highest BCUT2D eigenvalue weighted by molar-refractivity contribution is 7.89. The van der Waals surface area contributed by atoms with Crippen molar-refractivity contribution in [1.82, 2.24) is 4.72 Å². The summed E-state index contributed by atoms with van der Waals surface area (Å²) in [4.78, 5) is 24.4. The topological polar surface area (TPSA) is 104 Å². The van der Waals surface area contributed by atoms with Crippen LogP contribution in [0.1, 0.15) is 26.7 Å². The number of amides is 1. The molecule has 1 atom stereocenters. The van der Waals surface area contributed by atoms with E-state index in [0.29, 0.717) is 18.7 Å². The summed E-state index contributed by atoms with van der Waals surface area (Å²) in [6.07, 6.45) is 1.28. The van der Waals surface area contributed by atoms with Gasteiger partial charge in [-0.2, -0.15) is 4.72 Å². The number of anilines is 1. The van der Waals surface area contributed by atoms with Crippen molar-refractivity contribution in [3.8, 4) is 0 Å². The Morgan fingerprint density at radius 1 is 1.26 bits per heavy atom. The minimum atomic E-state index is -3.94. The lowest BCUT2D eigenvalue weighted by atomic mass is 10.1. The van der Waals surface area contributed by atoms with Gasteiger partial charge in [0.2, 0.25) is 15.9 Å². The predicted octanol–water partition coefficient (Wildman–Crippen LogP) is 1.20. The minimum absolute atomic E-state index is 0.0180. The zero-order valence-electron chi connectivity index (χ0n) is 13.0. The van der Waals surface area contributed by atoms with Gasteiger partial charge < -0.3 is 10.0 Å². The number of hydrogen-bond donors (Lipinski definition) is 2. The molecular formula is C15H20N2O5S. The van der Waals surface area contributed by atoms with Crippen molar-refractivity contribution in [3.05, 3.63) is 24.3 Å². The Morgan fingerprint density at radius 3 is 2.30 bits per heavy atom. The zero-order valence-corrected chi connectivity index (χ0v) is 13.8. The van der Waals surface area contributed by atoms with E-state index < -0.39 is 22.0 Å². The summed E-state index contributed by atoms with van der Waals surface area (Å²) in [7, 11) is -3.94. The highest BCUT2D eigenvalue weighted by atomic mass is 32.2. The number of nitrogens with one attached hydrogen (secondary N) is 1. The third kappa shape index (κ3) is 3.89. The number of nitrogens with zero attached hydrogens (tertiary/aromatic N) is 1. The normalized spacial score (nSPS) is 16.8. The molecule has 1 aliphatic rings. The molecule has 2 N–H and O–H groups in total. The lowest BCUT2D eigenvalue weighted by Gasteiger charge is -2.19. The maximum atomic E-state index is 12.3. The molecule has 0 spiro atoms. The van der Waals surface area contributed by atoms with Gasteiger partial charge in [-0.3, -0.25) is 9.59 Å². The fourth-order valence-electron chi connectivity index (χ4n) is 2.43. The molecule has 23 heavy (non-hydrogen) atoms. The monoisotopic (exact) mass is 340 g/mol. The summed E-state index contributed by atoms with van der Waals surface area (Å²) in [5.41, 5.74) is 0.644. The third-order valence-corrected chi connectivity index (χ3v) is 5.20. The van der Waals surface area contributed by atoms with Gasteiger partial charge in [-0.25, -0.2) is 8.42 Å². The quantitative estimate of drug-likeness (QED) is 0.810. The van der Waals surface area contributed by atoms with E-state index in [1.807, 2.05) is 0 Å². The fourth-order valence-corrected chi connectivity index (χ4v) is 3.77. The average molecular weight is 340 g/mol. The second-order valence-electron chi connectivity index (χ2n) is 5.82. The molecule has 1 aromatic rings. The van der Waals surface area contributed by atoms with Gasteiger partial charge in [0.15, 0.2) is 0 Å². The molecule has 8 heteroatoms. The molecule has 7 nitrogen and oxygen atoms in total. The van der Waals surface area contributed by atoms with E-state index in [0.717, 1.165) is 6.42 Å². The van der Waals surface area contributed by atoms with Crippen molar-refractivity contribution >= 4 is 27.6 Å². The molecular weight excluding hydrogens is 320 g/mol. The molecule has 1 heterocycles. The van der Waals surface area contributed by atoms with E-state index >= 15 is 0 Å². The summed E-state index contributed by atoms with van der Waals surface area (Å²) in [6, 6.07) is 4.68. The van der Waals surface area contributed by atoms with E-state index in [1.54, 1.807) is 30.9 Å². The first-order valence-corrected chi connectivity index (χ1v) is 8.86. The Balaban J connectivity index is 2.20. The molecule has 1 aliphatic heterocycles. The Kier molecular flexibility index (Phi) is 5.06. The molecule has 1 aromatic carbocycles. The van der Waals surface area contributed by atoms with Crippen molar-refractivity contribution in [2.45, 2.75) is 37.6 Å². The van der Waals surface area contributed by atoms with Crippen molar-refractivity contribution in [3.63, 3.8) is 0 Å². The second kappa shape index (κ2) is 6.67. The fraction of sp³-hybridized carbons (Fsp3) is 0.467. The Labute approximate surface area is 135 Å². The van der Waals surface area contributed by atoms with Crippen LogP contribution in [0.5, 0.6) is 0 Å². The Bertz CT molecular complexity index is 697. The summed E-state index contributed by atoms with van der Waals surface area (Å²) >= 11 is 0. The first kappa shape index (κ1) is 17.4. The minimum Gasteiger partial charge on any atom is -0.480 e. The van der Waals surface area contributed by atoms with Crippen LogP contribution in [0.2, 0.25) is 0 Å². The highest BCUT2D eigenvalue weighted by Crippen LogP contribution is 2.23. The van der Waals surface area contributed by atoms with Gasteiger partial charge in [-0.1, -0.05) is 13.8 Å². The Hall–Kier alpha value is -1.93. The lowest BCUT2D eigenvalue weighted by Crippen LogP contribution is -2.44. The number of carbonyl (C=O) groups excluding carboxylic acids is 1.